The highest BCUT2D eigenvalue weighted by atomic mass is 19.1. The summed E-state index contributed by atoms with van der Waals surface area (Å²) in [6.07, 6.45) is 2.40. The zero-order valence-electron chi connectivity index (χ0n) is 11.6. The minimum absolute atomic E-state index is 0.0222. The molecule has 0 atom stereocenters. The van der Waals surface area contributed by atoms with Crippen LogP contribution in [0.5, 0.6) is 0 Å². The van der Waals surface area contributed by atoms with Gasteiger partial charge < -0.3 is 10.6 Å². The number of carbonyl (C=O) groups excluding carboxylic acids is 1. The van der Waals surface area contributed by atoms with E-state index >= 15 is 0 Å². The number of nitrogens with one attached hydrogen (secondary N) is 2. The van der Waals surface area contributed by atoms with Crippen molar-refractivity contribution in [3.63, 3.8) is 0 Å². The first-order chi connectivity index (χ1) is 10.1. The Morgan fingerprint density at radius 1 is 1.29 bits per heavy atom. The number of halogens is 2. The Balaban J connectivity index is 1.76. The molecule has 0 saturated heterocycles. The molecule has 2 N–H and O–H groups in total. The van der Waals surface area contributed by atoms with Crippen molar-refractivity contribution in [3.8, 4) is 0 Å². The molecule has 2 rings (SSSR count). The van der Waals surface area contributed by atoms with Crippen molar-refractivity contribution < 1.29 is 13.6 Å². The number of amides is 1. The third-order valence-corrected chi connectivity index (χ3v) is 2.99. The van der Waals surface area contributed by atoms with Crippen LogP contribution < -0.4 is 10.6 Å². The largest absolute Gasteiger partial charge is 0.320 e. The zero-order valence-corrected chi connectivity index (χ0v) is 11.6. The highest BCUT2D eigenvalue weighted by Gasteiger charge is 2.11. The molecular weight excluding hydrogens is 278 g/mol. The van der Waals surface area contributed by atoms with Crippen LogP contribution in [-0.4, -0.2) is 28.8 Å². The van der Waals surface area contributed by atoms with Crippen LogP contribution in [0.2, 0.25) is 0 Å². The zero-order chi connectivity index (χ0) is 15.2. The lowest BCUT2D eigenvalue weighted by Crippen LogP contribution is -2.30. The van der Waals surface area contributed by atoms with E-state index in [-0.39, 0.29) is 6.54 Å². The van der Waals surface area contributed by atoms with E-state index in [0.29, 0.717) is 13.0 Å². The van der Waals surface area contributed by atoms with Crippen LogP contribution in [0.1, 0.15) is 5.69 Å². The molecule has 0 unspecified atom stereocenters. The summed E-state index contributed by atoms with van der Waals surface area (Å²) in [5.41, 5.74) is 0.610. The Morgan fingerprint density at radius 2 is 2.00 bits per heavy atom. The average molecular weight is 294 g/mol. The van der Waals surface area contributed by atoms with Gasteiger partial charge in [-0.3, -0.25) is 9.48 Å². The smallest absolute Gasteiger partial charge is 0.238 e. The lowest BCUT2D eigenvalue weighted by Gasteiger charge is -2.08. The van der Waals surface area contributed by atoms with Crippen LogP contribution in [0, 0.1) is 11.6 Å². The highest BCUT2D eigenvalue weighted by molar-refractivity contribution is 5.92. The lowest BCUT2D eigenvalue weighted by molar-refractivity contribution is -0.115. The number of benzene rings is 1. The van der Waals surface area contributed by atoms with E-state index in [1.807, 2.05) is 13.1 Å². The van der Waals surface area contributed by atoms with Crippen molar-refractivity contribution in [2.24, 2.45) is 7.05 Å². The second-order valence-electron chi connectivity index (χ2n) is 4.52. The van der Waals surface area contributed by atoms with Crippen molar-refractivity contribution in [1.29, 1.82) is 0 Å². The first kappa shape index (κ1) is 15.1. The molecule has 0 bridgehead atoms. The van der Waals surface area contributed by atoms with E-state index in [1.165, 1.54) is 6.07 Å². The van der Waals surface area contributed by atoms with Gasteiger partial charge in [0.2, 0.25) is 5.91 Å². The van der Waals surface area contributed by atoms with E-state index in [2.05, 4.69) is 15.7 Å². The molecule has 2 aromatic rings. The number of aryl methyl sites for hydroxylation is 1. The van der Waals surface area contributed by atoms with Gasteiger partial charge in [0.25, 0.3) is 0 Å². The van der Waals surface area contributed by atoms with Crippen LogP contribution >= 0.6 is 0 Å². The molecule has 1 aromatic heterocycles. The van der Waals surface area contributed by atoms with Gasteiger partial charge in [-0.2, -0.15) is 5.10 Å². The standard InChI is InChI=1S/C14H16F2N4O/c1-20-10(6-8-18-20)5-7-17-9-13(21)19-14-11(15)3-2-4-12(14)16/h2-4,6,8,17H,5,7,9H2,1H3,(H,19,21). The first-order valence-corrected chi connectivity index (χ1v) is 6.49. The number of rotatable bonds is 6. The Hall–Kier alpha value is -2.28. The Labute approximate surface area is 121 Å². The molecule has 0 spiro atoms. The fourth-order valence-electron chi connectivity index (χ4n) is 1.87. The molecule has 0 saturated carbocycles. The maximum atomic E-state index is 13.3. The van der Waals surface area contributed by atoms with E-state index in [1.54, 1.807) is 10.9 Å². The van der Waals surface area contributed by atoms with Gasteiger partial charge in [-0.1, -0.05) is 6.07 Å². The van der Waals surface area contributed by atoms with Gasteiger partial charge in [0.1, 0.15) is 17.3 Å². The molecule has 0 aliphatic carbocycles. The Bertz CT molecular complexity index is 607. The summed E-state index contributed by atoms with van der Waals surface area (Å²) < 4.78 is 28.4. The number of hydrogen-bond acceptors (Lipinski definition) is 3. The number of hydrogen-bond donors (Lipinski definition) is 2. The van der Waals surface area contributed by atoms with Crippen molar-refractivity contribution in [1.82, 2.24) is 15.1 Å². The fraction of sp³-hybridized carbons (Fsp3) is 0.286. The van der Waals surface area contributed by atoms with Crippen molar-refractivity contribution in [2.45, 2.75) is 6.42 Å². The molecule has 21 heavy (non-hydrogen) atoms. The first-order valence-electron chi connectivity index (χ1n) is 6.49. The molecule has 1 aromatic carbocycles. The predicted octanol–water partition coefficient (Wildman–Crippen LogP) is 1.47. The summed E-state index contributed by atoms with van der Waals surface area (Å²) in [5, 5.41) is 9.16. The predicted molar refractivity (Wildman–Crippen MR) is 74.8 cm³/mol. The molecule has 1 amide bonds. The highest BCUT2D eigenvalue weighted by Crippen LogP contribution is 2.17. The van der Waals surface area contributed by atoms with Crippen LogP contribution in [0.25, 0.3) is 0 Å². The van der Waals surface area contributed by atoms with E-state index in [0.717, 1.165) is 17.8 Å². The van der Waals surface area contributed by atoms with Gasteiger partial charge in [-0.05, 0) is 18.2 Å². The van der Waals surface area contributed by atoms with Crippen molar-refractivity contribution in [2.75, 3.05) is 18.4 Å². The molecule has 0 aliphatic rings. The summed E-state index contributed by atoms with van der Waals surface area (Å²) in [4.78, 5) is 11.6. The lowest BCUT2D eigenvalue weighted by atomic mass is 10.3. The fourth-order valence-corrected chi connectivity index (χ4v) is 1.87. The summed E-state index contributed by atoms with van der Waals surface area (Å²) >= 11 is 0. The number of anilines is 1. The van der Waals surface area contributed by atoms with Gasteiger partial charge in [0.05, 0.1) is 6.54 Å². The van der Waals surface area contributed by atoms with E-state index in [4.69, 9.17) is 0 Å². The minimum Gasteiger partial charge on any atom is -0.320 e. The minimum atomic E-state index is -0.793. The topological polar surface area (TPSA) is 59.0 Å². The van der Waals surface area contributed by atoms with Gasteiger partial charge in [0, 0.05) is 31.9 Å². The van der Waals surface area contributed by atoms with Crippen LogP contribution in [0.15, 0.2) is 30.5 Å². The second kappa shape index (κ2) is 6.94. The molecule has 7 heteroatoms. The monoisotopic (exact) mass is 294 g/mol. The van der Waals surface area contributed by atoms with Crippen LogP contribution in [-0.2, 0) is 18.3 Å². The van der Waals surface area contributed by atoms with Crippen LogP contribution in [0.3, 0.4) is 0 Å². The molecule has 1 heterocycles. The van der Waals surface area contributed by atoms with Gasteiger partial charge in [-0.25, -0.2) is 8.78 Å². The number of aromatic nitrogens is 2. The number of carbonyl (C=O) groups is 1. The average Bonchev–Trinajstić information content (AvgIpc) is 2.85. The Morgan fingerprint density at radius 3 is 2.62 bits per heavy atom. The number of para-hydroxylation sites is 1. The molecule has 0 fully saturated rings. The summed E-state index contributed by atoms with van der Waals surface area (Å²) in [5.74, 6) is -2.08. The summed E-state index contributed by atoms with van der Waals surface area (Å²) in [6, 6.07) is 5.31. The molecule has 112 valence electrons. The Kier molecular flexibility index (Phi) is 4.99. The molecular formula is C14H16F2N4O. The number of nitrogens with zero attached hydrogens (tertiary/aromatic N) is 2. The molecule has 5 nitrogen and oxygen atoms in total. The maximum Gasteiger partial charge on any atom is 0.238 e. The normalized spacial score (nSPS) is 10.6. The van der Waals surface area contributed by atoms with Gasteiger partial charge in [0.15, 0.2) is 0 Å². The SMILES string of the molecule is Cn1nccc1CCNCC(=O)Nc1c(F)cccc1F. The quantitative estimate of drug-likeness (QED) is 0.793. The third kappa shape index (κ3) is 4.09. The summed E-state index contributed by atoms with van der Waals surface area (Å²) in [7, 11) is 1.84. The second-order valence-corrected chi connectivity index (χ2v) is 4.52. The van der Waals surface area contributed by atoms with Gasteiger partial charge in [-0.15, -0.1) is 0 Å². The van der Waals surface area contributed by atoms with Gasteiger partial charge >= 0.3 is 0 Å². The summed E-state index contributed by atoms with van der Waals surface area (Å²) in [6.45, 7) is 0.540. The van der Waals surface area contributed by atoms with Crippen LogP contribution in [0.4, 0.5) is 14.5 Å². The van der Waals surface area contributed by atoms with Crippen molar-refractivity contribution >= 4 is 11.6 Å². The maximum absolute atomic E-state index is 13.3. The van der Waals surface area contributed by atoms with Crippen molar-refractivity contribution in [3.05, 3.63) is 47.8 Å². The third-order valence-electron chi connectivity index (χ3n) is 2.99. The van der Waals surface area contributed by atoms with E-state index in [9.17, 15) is 13.6 Å². The molecule has 0 aliphatic heterocycles. The van der Waals surface area contributed by atoms with E-state index < -0.39 is 23.2 Å². The molecule has 0 radical (unpaired) electrons.